The first-order valence-electron chi connectivity index (χ1n) is 6.53. The Hall–Kier alpha value is -0.810. The van der Waals surface area contributed by atoms with Crippen molar-refractivity contribution in [3.63, 3.8) is 0 Å². The minimum absolute atomic E-state index is 0. The van der Waals surface area contributed by atoms with E-state index in [0.29, 0.717) is 19.1 Å². The largest absolute Gasteiger partial charge is 0.352 e. The lowest BCUT2D eigenvalue weighted by molar-refractivity contribution is -0.137. The first-order chi connectivity index (χ1) is 8.25. The second-order valence-electron chi connectivity index (χ2n) is 4.89. The number of carbonyl (C=O) groups is 2. The van der Waals surface area contributed by atoms with Crippen LogP contribution in [0.15, 0.2) is 0 Å². The van der Waals surface area contributed by atoms with Crippen LogP contribution in [0.3, 0.4) is 0 Å². The molecule has 0 spiro atoms. The summed E-state index contributed by atoms with van der Waals surface area (Å²) in [5.41, 5.74) is 0. The second kappa shape index (κ2) is 7.59. The zero-order chi connectivity index (χ0) is 12.1. The van der Waals surface area contributed by atoms with Crippen molar-refractivity contribution in [2.75, 3.05) is 26.2 Å². The van der Waals surface area contributed by atoms with E-state index in [4.69, 9.17) is 0 Å². The summed E-state index contributed by atoms with van der Waals surface area (Å²) in [5, 5.41) is 6.03. The average molecular weight is 276 g/mol. The molecule has 2 N–H and O–H groups in total. The zero-order valence-electron chi connectivity index (χ0n) is 10.6. The quantitative estimate of drug-likeness (QED) is 0.778. The molecule has 2 aliphatic rings. The number of hydrogen-bond acceptors (Lipinski definition) is 3. The summed E-state index contributed by atoms with van der Waals surface area (Å²) in [7, 11) is 0. The molecule has 0 bridgehead atoms. The molecule has 2 fully saturated rings. The van der Waals surface area contributed by atoms with Crippen LogP contribution in [0.4, 0.5) is 0 Å². The highest BCUT2D eigenvalue weighted by atomic mass is 35.5. The van der Waals surface area contributed by atoms with Gasteiger partial charge in [0.25, 0.3) is 0 Å². The van der Waals surface area contributed by atoms with Crippen molar-refractivity contribution >= 4 is 24.2 Å². The molecule has 5 nitrogen and oxygen atoms in total. The Labute approximate surface area is 114 Å². The van der Waals surface area contributed by atoms with Gasteiger partial charge in [0, 0.05) is 19.1 Å². The van der Waals surface area contributed by atoms with Gasteiger partial charge in [-0.15, -0.1) is 12.4 Å². The predicted molar refractivity (Wildman–Crippen MR) is 71.7 cm³/mol. The molecule has 1 saturated carbocycles. The van der Waals surface area contributed by atoms with E-state index in [2.05, 4.69) is 10.6 Å². The lowest BCUT2D eigenvalue weighted by Crippen LogP contribution is -2.52. The Kier molecular flexibility index (Phi) is 6.43. The van der Waals surface area contributed by atoms with E-state index in [9.17, 15) is 9.59 Å². The molecule has 104 valence electrons. The maximum atomic E-state index is 11.8. The van der Waals surface area contributed by atoms with Gasteiger partial charge in [0.1, 0.15) is 0 Å². The topological polar surface area (TPSA) is 61.4 Å². The molecule has 1 aliphatic heterocycles. The summed E-state index contributed by atoms with van der Waals surface area (Å²) in [6.45, 7) is 1.99. The Morgan fingerprint density at radius 2 is 2.06 bits per heavy atom. The van der Waals surface area contributed by atoms with Crippen LogP contribution in [0.1, 0.15) is 32.1 Å². The summed E-state index contributed by atoms with van der Waals surface area (Å²) in [5.74, 6) is 0.0159. The molecule has 6 heteroatoms. The van der Waals surface area contributed by atoms with Crippen molar-refractivity contribution < 1.29 is 9.59 Å². The van der Waals surface area contributed by atoms with Gasteiger partial charge in [0.2, 0.25) is 11.8 Å². The van der Waals surface area contributed by atoms with E-state index in [0.717, 1.165) is 19.4 Å². The third-order valence-corrected chi connectivity index (χ3v) is 3.49. The maximum absolute atomic E-state index is 11.8. The minimum Gasteiger partial charge on any atom is -0.352 e. The van der Waals surface area contributed by atoms with Crippen LogP contribution in [0, 0.1) is 0 Å². The van der Waals surface area contributed by atoms with E-state index in [1.807, 2.05) is 0 Å². The average Bonchev–Trinajstić information content (AvgIpc) is 2.33. The Morgan fingerprint density at radius 1 is 1.33 bits per heavy atom. The third-order valence-electron chi connectivity index (χ3n) is 3.49. The van der Waals surface area contributed by atoms with E-state index in [1.54, 1.807) is 4.90 Å². The monoisotopic (exact) mass is 275 g/mol. The predicted octanol–water partition coefficient (Wildman–Crippen LogP) is 0.289. The van der Waals surface area contributed by atoms with Gasteiger partial charge in [-0.25, -0.2) is 0 Å². The van der Waals surface area contributed by atoms with E-state index >= 15 is 0 Å². The van der Waals surface area contributed by atoms with Crippen molar-refractivity contribution in [3.8, 4) is 0 Å². The normalized spacial score (nSPS) is 21.3. The van der Waals surface area contributed by atoms with Gasteiger partial charge in [-0.05, 0) is 12.8 Å². The van der Waals surface area contributed by atoms with Crippen molar-refractivity contribution in [2.45, 2.75) is 38.1 Å². The van der Waals surface area contributed by atoms with E-state index < -0.39 is 0 Å². The molecule has 0 atom stereocenters. The zero-order valence-corrected chi connectivity index (χ0v) is 11.4. The molecular weight excluding hydrogens is 254 g/mol. The van der Waals surface area contributed by atoms with Gasteiger partial charge in [0.15, 0.2) is 0 Å². The Morgan fingerprint density at radius 3 is 2.72 bits per heavy atom. The number of rotatable bonds is 3. The smallest absolute Gasteiger partial charge is 0.239 e. The highest BCUT2D eigenvalue weighted by Gasteiger charge is 2.22. The van der Waals surface area contributed by atoms with Crippen LogP contribution < -0.4 is 10.6 Å². The molecule has 18 heavy (non-hydrogen) atoms. The van der Waals surface area contributed by atoms with Crippen molar-refractivity contribution in [2.24, 2.45) is 0 Å². The fourth-order valence-electron chi connectivity index (χ4n) is 2.51. The fraction of sp³-hybridized carbons (Fsp3) is 0.833. The molecular formula is C12H22ClN3O2. The number of carbonyl (C=O) groups excluding carboxylic acids is 2. The molecule has 0 radical (unpaired) electrons. The van der Waals surface area contributed by atoms with E-state index in [1.165, 1.54) is 19.3 Å². The van der Waals surface area contributed by atoms with Gasteiger partial charge in [0.05, 0.1) is 13.1 Å². The highest BCUT2D eigenvalue weighted by molar-refractivity contribution is 5.86. The number of piperazine rings is 1. The van der Waals surface area contributed by atoms with Crippen molar-refractivity contribution in [1.82, 2.24) is 15.5 Å². The summed E-state index contributed by atoms with van der Waals surface area (Å²) < 4.78 is 0. The lowest BCUT2D eigenvalue weighted by atomic mass is 9.95. The summed E-state index contributed by atoms with van der Waals surface area (Å²) in [6, 6.07) is 0.328. The van der Waals surface area contributed by atoms with Crippen LogP contribution in [-0.2, 0) is 9.59 Å². The van der Waals surface area contributed by atoms with Gasteiger partial charge in [-0.2, -0.15) is 0 Å². The Balaban J connectivity index is 0.00000162. The van der Waals surface area contributed by atoms with Crippen LogP contribution in [0.25, 0.3) is 0 Å². The van der Waals surface area contributed by atoms with Crippen LogP contribution in [0.5, 0.6) is 0 Å². The number of hydrogen-bond donors (Lipinski definition) is 2. The minimum atomic E-state index is -0.00727. The van der Waals surface area contributed by atoms with Gasteiger partial charge < -0.3 is 15.5 Å². The van der Waals surface area contributed by atoms with Gasteiger partial charge in [-0.1, -0.05) is 19.3 Å². The Bertz CT molecular complexity index is 293. The fourth-order valence-corrected chi connectivity index (χ4v) is 2.51. The van der Waals surface area contributed by atoms with Crippen LogP contribution >= 0.6 is 12.4 Å². The second-order valence-corrected chi connectivity index (χ2v) is 4.89. The maximum Gasteiger partial charge on any atom is 0.239 e. The van der Waals surface area contributed by atoms with Gasteiger partial charge in [-0.3, -0.25) is 9.59 Å². The van der Waals surface area contributed by atoms with E-state index in [-0.39, 0.29) is 30.8 Å². The summed E-state index contributed by atoms with van der Waals surface area (Å²) >= 11 is 0. The number of amides is 2. The number of nitrogens with zero attached hydrogens (tertiary/aromatic N) is 1. The number of nitrogens with one attached hydrogen (secondary N) is 2. The standard InChI is InChI=1S/C12H21N3O2.ClH/c16-11(14-10-4-2-1-3-5-10)9-15-7-6-13-8-12(15)17;/h10,13H,1-9H2,(H,14,16);1H. The van der Waals surface area contributed by atoms with Crippen molar-refractivity contribution in [1.29, 1.82) is 0 Å². The van der Waals surface area contributed by atoms with Crippen LogP contribution in [-0.4, -0.2) is 48.9 Å². The first kappa shape index (κ1) is 15.2. The molecule has 0 aromatic carbocycles. The SMILES string of the molecule is Cl.O=C(CN1CCNCC1=O)NC1CCCCC1. The lowest BCUT2D eigenvalue weighted by Gasteiger charge is -2.28. The molecule has 1 aliphatic carbocycles. The van der Waals surface area contributed by atoms with Gasteiger partial charge >= 0.3 is 0 Å². The van der Waals surface area contributed by atoms with Crippen LogP contribution in [0.2, 0.25) is 0 Å². The highest BCUT2D eigenvalue weighted by Crippen LogP contribution is 2.17. The molecule has 0 unspecified atom stereocenters. The molecule has 0 aromatic heterocycles. The molecule has 1 saturated heterocycles. The molecule has 0 aromatic rings. The molecule has 1 heterocycles. The first-order valence-corrected chi connectivity index (χ1v) is 6.53. The third kappa shape index (κ3) is 4.46. The molecule has 2 amide bonds. The molecule has 2 rings (SSSR count). The summed E-state index contributed by atoms with van der Waals surface area (Å²) in [4.78, 5) is 24.9. The van der Waals surface area contributed by atoms with Crippen molar-refractivity contribution in [3.05, 3.63) is 0 Å². The number of halogens is 1. The summed E-state index contributed by atoms with van der Waals surface area (Å²) in [6.07, 6.45) is 5.86.